The van der Waals surface area contributed by atoms with Crippen molar-refractivity contribution >= 4 is 29.2 Å². The molecule has 0 amide bonds. The van der Waals surface area contributed by atoms with Gasteiger partial charge in [-0.3, -0.25) is 0 Å². The Bertz CT molecular complexity index is 207. The van der Waals surface area contributed by atoms with E-state index in [-0.39, 0.29) is 0 Å². The Morgan fingerprint density at radius 1 is 1.42 bits per heavy atom. The first-order chi connectivity index (χ1) is 5.66. The standard InChI is InChI=1S/C8H8Cl2O2/c1-2-8(11)12-6-4-3-5-7(9)10/h2-7H,1H2. The zero-order valence-electron chi connectivity index (χ0n) is 6.24. The number of alkyl halides is 2. The van der Waals surface area contributed by atoms with Gasteiger partial charge >= 0.3 is 5.97 Å². The van der Waals surface area contributed by atoms with Crippen LogP contribution in [0.1, 0.15) is 0 Å². The van der Waals surface area contributed by atoms with Crippen LogP contribution in [-0.2, 0) is 9.53 Å². The second-order valence-corrected chi connectivity index (χ2v) is 2.85. The number of carbonyl (C=O) groups is 1. The van der Waals surface area contributed by atoms with Gasteiger partial charge in [-0.25, -0.2) is 4.79 Å². The number of carbonyl (C=O) groups excluding carboxylic acids is 1. The summed E-state index contributed by atoms with van der Waals surface area (Å²) in [5, 5.41) is 0. The van der Waals surface area contributed by atoms with Gasteiger partial charge in [-0.1, -0.05) is 18.7 Å². The average Bonchev–Trinajstić information content (AvgIpc) is 2.03. The van der Waals surface area contributed by atoms with Gasteiger partial charge < -0.3 is 4.74 Å². The lowest BCUT2D eigenvalue weighted by Crippen LogP contribution is -1.91. The second-order valence-electron chi connectivity index (χ2n) is 1.69. The van der Waals surface area contributed by atoms with Gasteiger partial charge in [0.2, 0.25) is 0 Å². The summed E-state index contributed by atoms with van der Waals surface area (Å²) < 4.78 is 4.50. The quantitative estimate of drug-likeness (QED) is 0.233. The fourth-order valence-electron chi connectivity index (χ4n) is 0.348. The molecule has 0 spiro atoms. The molecule has 0 N–H and O–H groups in total. The van der Waals surface area contributed by atoms with Crippen molar-refractivity contribution in [1.82, 2.24) is 0 Å². The van der Waals surface area contributed by atoms with Gasteiger partial charge in [0.05, 0.1) is 6.26 Å². The van der Waals surface area contributed by atoms with E-state index >= 15 is 0 Å². The highest BCUT2D eigenvalue weighted by molar-refractivity contribution is 6.45. The predicted molar refractivity (Wildman–Crippen MR) is 50.1 cm³/mol. The normalized spacial score (nSPS) is 11.2. The molecule has 0 aromatic carbocycles. The minimum atomic E-state index is -0.551. The molecule has 0 saturated heterocycles. The molecule has 0 rings (SSSR count). The fraction of sp³-hybridized carbons (Fsp3) is 0.125. The maximum Gasteiger partial charge on any atom is 0.334 e. The molecule has 0 heterocycles. The van der Waals surface area contributed by atoms with Gasteiger partial charge in [0.25, 0.3) is 0 Å². The maximum absolute atomic E-state index is 10.4. The molecule has 0 fully saturated rings. The third-order valence-corrected chi connectivity index (χ3v) is 1.09. The number of allylic oxidation sites excluding steroid dienone is 3. The van der Waals surface area contributed by atoms with Crippen LogP contribution in [0.5, 0.6) is 0 Å². The first kappa shape index (κ1) is 11.3. The summed E-state index contributed by atoms with van der Waals surface area (Å²) in [5.74, 6) is -0.507. The molecule has 4 heteroatoms. The van der Waals surface area contributed by atoms with Crippen LogP contribution in [-0.4, -0.2) is 10.8 Å². The summed E-state index contributed by atoms with van der Waals surface area (Å²) in [6, 6.07) is 0. The van der Waals surface area contributed by atoms with Crippen LogP contribution >= 0.6 is 23.2 Å². The molecule has 0 aliphatic rings. The number of ether oxygens (including phenoxy) is 1. The van der Waals surface area contributed by atoms with Crippen molar-refractivity contribution in [2.24, 2.45) is 0 Å². The molecule has 0 unspecified atom stereocenters. The van der Waals surface area contributed by atoms with E-state index in [2.05, 4.69) is 11.3 Å². The number of rotatable bonds is 4. The van der Waals surface area contributed by atoms with E-state index in [4.69, 9.17) is 23.2 Å². The SMILES string of the molecule is C=CC(=O)OC=CC=CC(Cl)Cl. The summed E-state index contributed by atoms with van der Waals surface area (Å²) >= 11 is 10.7. The van der Waals surface area contributed by atoms with Crippen LogP contribution < -0.4 is 0 Å². The smallest absolute Gasteiger partial charge is 0.334 e. The van der Waals surface area contributed by atoms with Crippen molar-refractivity contribution in [2.45, 2.75) is 4.84 Å². The van der Waals surface area contributed by atoms with Gasteiger partial charge in [-0.2, -0.15) is 0 Å². The number of halogens is 2. The van der Waals surface area contributed by atoms with E-state index in [0.29, 0.717) is 0 Å². The summed E-state index contributed by atoms with van der Waals surface area (Å²) in [5.41, 5.74) is 0. The van der Waals surface area contributed by atoms with Gasteiger partial charge in [-0.15, -0.1) is 23.2 Å². The largest absolute Gasteiger partial charge is 0.431 e. The molecule has 0 aromatic rings. The third-order valence-electron chi connectivity index (χ3n) is 0.797. The Morgan fingerprint density at radius 2 is 2.08 bits per heavy atom. The molecule has 0 bridgehead atoms. The highest BCUT2D eigenvalue weighted by Crippen LogP contribution is 2.02. The predicted octanol–water partition coefficient (Wildman–Crippen LogP) is 2.59. The summed E-state index contributed by atoms with van der Waals surface area (Å²) in [6.45, 7) is 3.22. The molecule has 0 radical (unpaired) electrons. The molecule has 0 atom stereocenters. The Hall–Kier alpha value is -0.730. The lowest BCUT2D eigenvalue weighted by Gasteiger charge is -1.88. The van der Waals surface area contributed by atoms with Crippen LogP contribution in [0.4, 0.5) is 0 Å². The topological polar surface area (TPSA) is 26.3 Å². The van der Waals surface area contributed by atoms with Crippen molar-refractivity contribution in [2.75, 3.05) is 0 Å². The highest BCUT2D eigenvalue weighted by atomic mass is 35.5. The van der Waals surface area contributed by atoms with Crippen LogP contribution in [0.2, 0.25) is 0 Å². The minimum absolute atomic E-state index is 0.507. The summed E-state index contributed by atoms with van der Waals surface area (Å²) in [7, 11) is 0. The van der Waals surface area contributed by atoms with E-state index in [1.807, 2.05) is 0 Å². The molecule has 0 aliphatic heterocycles. The van der Waals surface area contributed by atoms with Gasteiger partial charge in [-0.05, 0) is 6.08 Å². The lowest BCUT2D eigenvalue weighted by atomic mass is 10.5. The van der Waals surface area contributed by atoms with Crippen molar-refractivity contribution in [1.29, 1.82) is 0 Å². The maximum atomic E-state index is 10.4. The Kier molecular flexibility index (Phi) is 6.53. The third kappa shape index (κ3) is 7.38. The van der Waals surface area contributed by atoms with E-state index in [1.165, 1.54) is 18.4 Å². The average molecular weight is 207 g/mol. The number of esters is 1. The lowest BCUT2D eigenvalue weighted by molar-refractivity contribution is -0.132. The first-order valence-electron chi connectivity index (χ1n) is 3.11. The van der Waals surface area contributed by atoms with E-state index in [9.17, 15) is 4.79 Å². The molecular weight excluding hydrogens is 199 g/mol. The summed E-state index contributed by atoms with van der Waals surface area (Å²) in [4.78, 5) is 9.89. The zero-order valence-corrected chi connectivity index (χ0v) is 7.76. The number of hydrogen-bond donors (Lipinski definition) is 0. The van der Waals surface area contributed by atoms with Crippen molar-refractivity contribution < 1.29 is 9.53 Å². The molecule has 0 saturated carbocycles. The minimum Gasteiger partial charge on any atom is -0.431 e. The molecule has 12 heavy (non-hydrogen) atoms. The molecule has 66 valence electrons. The second kappa shape index (κ2) is 6.95. The van der Waals surface area contributed by atoms with Crippen LogP contribution in [0.25, 0.3) is 0 Å². The Balaban J connectivity index is 3.63. The Labute approximate surface area is 81.1 Å². The van der Waals surface area contributed by atoms with Gasteiger partial charge in [0.1, 0.15) is 4.84 Å². The monoisotopic (exact) mass is 206 g/mol. The highest BCUT2D eigenvalue weighted by Gasteiger charge is 1.88. The van der Waals surface area contributed by atoms with Gasteiger partial charge in [0.15, 0.2) is 0 Å². The van der Waals surface area contributed by atoms with E-state index in [0.717, 1.165) is 6.08 Å². The Morgan fingerprint density at radius 3 is 2.58 bits per heavy atom. The van der Waals surface area contributed by atoms with E-state index in [1.54, 1.807) is 6.08 Å². The zero-order chi connectivity index (χ0) is 9.40. The molecular formula is C8H8Cl2O2. The van der Waals surface area contributed by atoms with Crippen LogP contribution in [0.15, 0.2) is 37.1 Å². The first-order valence-corrected chi connectivity index (χ1v) is 3.98. The van der Waals surface area contributed by atoms with Crippen molar-refractivity contribution in [3.05, 3.63) is 37.1 Å². The van der Waals surface area contributed by atoms with Crippen molar-refractivity contribution in [3.8, 4) is 0 Å². The van der Waals surface area contributed by atoms with Crippen LogP contribution in [0.3, 0.4) is 0 Å². The molecule has 0 aromatic heterocycles. The van der Waals surface area contributed by atoms with E-state index < -0.39 is 10.8 Å². The number of hydrogen-bond acceptors (Lipinski definition) is 2. The molecule has 0 aliphatic carbocycles. The fourth-order valence-corrected chi connectivity index (χ4v) is 0.516. The molecule has 2 nitrogen and oxygen atoms in total. The summed E-state index contributed by atoms with van der Waals surface area (Å²) in [6.07, 6.45) is 6.89. The van der Waals surface area contributed by atoms with Gasteiger partial charge in [0, 0.05) is 6.08 Å². The van der Waals surface area contributed by atoms with Crippen molar-refractivity contribution in [3.63, 3.8) is 0 Å². The van der Waals surface area contributed by atoms with Crippen LogP contribution in [0, 0.1) is 0 Å².